The highest BCUT2D eigenvalue weighted by atomic mass is 19.4. The Labute approximate surface area is 194 Å². The molecule has 0 saturated carbocycles. The van der Waals surface area contributed by atoms with Crippen LogP contribution in [0.3, 0.4) is 0 Å². The molecule has 0 fully saturated rings. The maximum Gasteiger partial charge on any atom is 0.417 e. The number of aliphatic hydroxyl groups is 1. The SMILES string of the molecule is CC(C)n1cc(-c2ccc(OCCC(O)c3ccccc3)cc2C(F)(F)F)c2c(N)ncnc21. The lowest BCUT2D eigenvalue weighted by Crippen LogP contribution is -2.09. The lowest BCUT2D eigenvalue weighted by Gasteiger charge is -2.16. The number of aliphatic hydroxyl groups excluding tert-OH is 1. The molecule has 2 heterocycles. The molecule has 0 aliphatic carbocycles. The fourth-order valence-electron chi connectivity index (χ4n) is 3.92. The molecule has 3 N–H and O–H groups in total. The Kier molecular flexibility index (Phi) is 6.47. The standard InChI is InChI=1S/C25H25F3N4O2/c1-15(2)32-13-19(22-23(29)30-14-31-24(22)32)18-9-8-17(12-20(18)25(26,27)28)34-11-10-21(33)16-6-4-3-5-7-16/h3-9,12-15,21,33H,10-11H2,1-2H3,(H2,29,30,31). The van der Waals surface area contributed by atoms with Gasteiger partial charge < -0.3 is 20.1 Å². The Balaban J connectivity index is 1.67. The van der Waals surface area contributed by atoms with Gasteiger partial charge in [-0.25, -0.2) is 9.97 Å². The summed E-state index contributed by atoms with van der Waals surface area (Å²) < 4.78 is 49.6. The molecule has 1 unspecified atom stereocenters. The number of ether oxygens (including phenoxy) is 1. The summed E-state index contributed by atoms with van der Waals surface area (Å²) in [5.74, 6) is 0.177. The van der Waals surface area contributed by atoms with Gasteiger partial charge in [0.25, 0.3) is 0 Å². The van der Waals surface area contributed by atoms with Gasteiger partial charge >= 0.3 is 6.18 Å². The number of alkyl halides is 3. The summed E-state index contributed by atoms with van der Waals surface area (Å²) in [5.41, 5.74) is 6.66. The Morgan fingerprint density at radius 1 is 1.06 bits per heavy atom. The predicted molar refractivity (Wildman–Crippen MR) is 124 cm³/mol. The molecule has 1 atom stereocenters. The topological polar surface area (TPSA) is 86.2 Å². The third kappa shape index (κ3) is 4.70. The average molecular weight is 470 g/mol. The molecule has 2 aromatic heterocycles. The molecular weight excluding hydrogens is 445 g/mol. The van der Waals surface area contributed by atoms with Gasteiger partial charge in [-0.1, -0.05) is 36.4 Å². The van der Waals surface area contributed by atoms with Gasteiger partial charge in [-0.2, -0.15) is 13.2 Å². The summed E-state index contributed by atoms with van der Waals surface area (Å²) >= 11 is 0. The number of aromatic nitrogens is 3. The molecule has 178 valence electrons. The van der Waals surface area contributed by atoms with E-state index in [-0.39, 0.29) is 36.2 Å². The van der Waals surface area contributed by atoms with Gasteiger partial charge in [0, 0.05) is 24.2 Å². The van der Waals surface area contributed by atoms with Crippen LogP contribution in [-0.4, -0.2) is 26.2 Å². The van der Waals surface area contributed by atoms with Crippen LogP contribution in [0.4, 0.5) is 19.0 Å². The first-order valence-corrected chi connectivity index (χ1v) is 10.8. The molecular formula is C25H25F3N4O2. The molecule has 34 heavy (non-hydrogen) atoms. The van der Waals surface area contributed by atoms with Crippen LogP contribution in [0.2, 0.25) is 0 Å². The maximum atomic E-state index is 14.1. The smallest absolute Gasteiger partial charge is 0.417 e. The quantitative estimate of drug-likeness (QED) is 0.357. The number of benzene rings is 2. The highest BCUT2D eigenvalue weighted by Crippen LogP contribution is 2.43. The molecule has 9 heteroatoms. The van der Waals surface area contributed by atoms with Gasteiger partial charge in [0.05, 0.1) is 23.7 Å². The first-order valence-electron chi connectivity index (χ1n) is 10.8. The molecule has 0 bridgehead atoms. The van der Waals surface area contributed by atoms with Crippen LogP contribution in [0.1, 0.15) is 43.5 Å². The monoisotopic (exact) mass is 470 g/mol. The minimum atomic E-state index is -4.63. The van der Waals surface area contributed by atoms with E-state index >= 15 is 0 Å². The van der Waals surface area contributed by atoms with Crippen molar-refractivity contribution >= 4 is 16.9 Å². The molecule has 0 aliphatic rings. The Hall–Kier alpha value is -3.59. The number of hydrogen-bond acceptors (Lipinski definition) is 5. The second-order valence-corrected chi connectivity index (χ2v) is 8.27. The molecule has 0 radical (unpaired) electrons. The molecule has 4 aromatic rings. The minimum Gasteiger partial charge on any atom is -0.493 e. The Morgan fingerprint density at radius 2 is 1.79 bits per heavy atom. The summed E-state index contributed by atoms with van der Waals surface area (Å²) in [4.78, 5) is 8.22. The lowest BCUT2D eigenvalue weighted by molar-refractivity contribution is -0.137. The minimum absolute atomic E-state index is 0.0323. The summed E-state index contributed by atoms with van der Waals surface area (Å²) in [5, 5.41) is 10.6. The van der Waals surface area contributed by atoms with Crippen molar-refractivity contribution in [3.63, 3.8) is 0 Å². The third-order valence-electron chi connectivity index (χ3n) is 5.63. The van der Waals surface area contributed by atoms with Gasteiger partial charge in [0.1, 0.15) is 23.5 Å². The number of fused-ring (bicyclic) bond motifs is 1. The van der Waals surface area contributed by atoms with Crippen LogP contribution in [0.5, 0.6) is 5.75 Å². The number of anilines is 1. The predicted octanol–water partition coefficient (Wildman–Crippen LogP) is 5.78. The number of nitrogen functional groups attached to an aromatic ring is 1. The van der Waals surface area contributed by atoms with E-state index < -0.39 is 17.8 Å². The first kappa shape index (κ1) is 23.6. The average Bonchev–Trinajstić information content (AvgIpc) is 3.20. The van der Waals surface area contributed by atoms with Crippen LogP contribution in [-0.2, 0) is 6.18 Å². The highest BCUT2D eigenvalue weighted by Gasteiger charge is 2.35. The highest BCUT2D eigenvalue weighted by molar-refractivity contribution is 6.01. The molecule has 0 aliphatic heterocycles. The van der Waals surface area contributed by atoms with E-state index in [0.29, 0.717) is 16.6 Å². The summed E-state index contributed by atoms with van der Waals surface area (Å²) in [6.45, 7) is 3.88. The van der Waals surface area contributed by atoms with Crippen molar-refractivity contribution in [1.82, 2.24) is 14.5 Å². The van der Waals surface area contributed by atoms with Crippen LogP contribution < -0.4 is 10.5 Å². The second kappa shape index (κ2) is 9.34. The van der Waals surface area contributed by atoms with Gasteiger partial charge in [-0.3, -0.25) is 0 Å². The van der Waals surface area contributed by atoms with E-state index in [1.165, 1.54) is 18.5 Å². The molecule has 0 saturated heterocycles. The van der Waals surface area contributed by atoms with Crippen molar-refractivity contribution in [2.45, 2.75) is 38.6 Å². The van der Waals surface area contributed by atoms with Crippen LogP contribution in [0.15, 0.2) is 61.1 Å². The third-order valence-corrected chi connectivity index (χ3v) is 5.63. The van der Waals surface area contributed by atoms with Gasteiger partial charge in [-0.05, 0) is 37.1 Å². The zero-order valence-corrected chi connectivity index (χ0v) is 18.8. The Morgan fingerprint density at radius 3 is 2.47 bits per heavy atom. The lowest BCUT2D eigenvalue weighted by atomic mass is 9.99. The van der Waals surface area contributed by atoms with Gasteiger partial charge in [0.2, 0.25) is 0 Å². The number of nitrogens with zero attached hydrogens (tertiary/aromatic N) is 3. The van der Waals surface area contributed by atoms with Crippen molar-refractivity contribution in [2.75, 3.05) is 12.3 Å². The van der Waals surface area contributed by atoms with Crippen molar-refractivity contribution in [3.05, 3.63) is 72.2 Å². The molecule has 2 aromatic carbocycles. The van der Waals surface area contributed by atoms with Crippen molar-refractivity contribution in [3.8, 4) is 16.9 Å². The summed E-state index contributed by atoms with van der Waals surface area (Å²) in [6, 6.07) is 12.8. The van der Waals surface area contributed by atoms with E-state index in [4.69, 9.17) is 10.5 Å². The van der Waals surface area contributed by atoms with E-state index in [0.717, 1.165) is 11.6 Å². The number of rotatable bonds is 7. The largest absolute Gasteiger partial charge is 0.493 e. The van der Waals surface area contributed by atoms with Crippen molar-refractivity contribution in [2.24, 2.45) is 0 Å². The van der Waals surface area contributed by atoms with Crippen LogP contribution in [0, 0.1) is 0 Å². The summed E-state index contributed by atoms with van der Waals surface area (Å²) in [7, 11) is 0. The first-order chi connectivity index (χ1) is 16.2. The zero-order valence-electron chi connectivity index (χ0n) is 18.8. The Bertz CT molecular complexity index is 1290. The second-order valence-electron chi connectivity index (χ2n) is 8.27. The van der Waals surface area contributed by atoms with E-state index in [2.05, 4.69) is 9.97 Å². The normalized spacial score (nSPS) is 12.9. The van der Waals surface area contributed by atoms with Crippen LogP contribution in [0.25, 0.3) is 22.2 Å². The van der Waals surface area contributed by atoms with E-state index in [9.17, 15) is 18.3 Å². The molecule has 0 spiro atoms. The fraction of sp³-hybridized carbons (Fsp3) is 0.280. The summed E-state index contributed by atoms with van der Waals surface area (Å²) in [6.07, 6.45) is -2.24. The zero-order chi connectivity index (χ0) is 24.5. The fourth-order valence-corrected chi connectivity index (χ4v) is 3.92. The molecule has 4 rings (SSSR count). The number of hydrogen-bond donors (Lipinski definition) is 2. The molecule has 6 nitrogen and oxygen atoms in total. The van der Waals surface area contributed by atoms with Gasteiger partial charge in [0.15, 0.2) is 0 Å². The van der Waals surface area contributed by atoms with Crippen LogP contribution >= 0.6 is 0 Å². The van der Waals surface area contributed by atoms with E-state index in [1.807, 2.05) is 32.0 Å². The van der Waals surface area contributed by atoms with Crippen molar-refractivity contribution < 1.29 is 23.0 Å². The van der Waals surface area contributed by atoms with Gasteiger partial charge in [-0.15, -0.1) is 0 Å². The number of halogens is 3. The van der Waals surface area contributed by atoms with Crippen molar-refractivity contribution in [1.29, 1.82) is 0 Å². The molecule has 0 amide bonds. The van der Waals surface area contributed by atoms with E-state index in [1.54, 1.807) is 22.9 Å². The number of nitrogens with two attached hydrogens (primary N) is 1. The maximum absolute atomic E-state index is 14.1.